The number of alkyl halides is 2. The summed E-state index contributed by atoms with van der Waals surface area (Å²) in [6, 6.07) is 15.3. The first-order chi connectivity index (χ1) is 19.0. The van der Waals surface area contributed by atoms with E-state index in [9.17, 15) is 28.3 Å². The van der Waals surface area contributed by atoms with Crippen LogP contribution >= 0.6 is 11.6 Å². The SMILES string of the molecule is O=C(O)c1cccc(C2(n3c(=O)n(-c4ccc(C(=O)N5CCC(F)(F)CC5)cc4)c4cc(Cl)ccc43)CC2)c1F. The molecule has 4 aromatic rings. The summed E-state index contributed by atoms with van der Waals surface area (Å²) in [6.07, 6.45) is 0.0856. The van der Waals surface area contributed by atoms with Crippen molar-refractivity contribution in [2.75, 3.05) is 13.1 Å². The van der Waals surface area contributed by atoms with Crippen molar-refractivity contribution in [1.82, 2.24) is 14.0 Å². The fourth-order valence-electron chi connectivity index (χ4n) is 5.59. The third-order valence-corrected chi connectivity index (χ3v) is 8.07. The number of aromatic nitrogens is 2. The molecule has 0 spiro atoms. The van der Waals surface area contributed by atoms with E-state index >= 15 is 4.39 Å². The molecule has 0 atom stereocenters. The van der Waals surface area contributed by atoms with E-state index in [0.29, 0.717) is 40.1 Å². The molecule has 1 saturated heterocycles. The lowest BCUT2D eigenvalue weighted by atomic mass is 10.00. The van der Waals surface area contributed by atoms with Gasteiger partial charge in [0.05, 0.1) is 27.8 Å². The van der Waals surface area contributed by atoms with Gasteiger partial charge in [0.1, 0.15) is 5.82 Å². The molecule has 7 nitrogen and oxygen atoms in total. The number of imidazole rings is 1. The molecule has 1 aliphatic heterocycles. The average molecular weight is 570 g/mol. The normalized spacial score (nSPS) is 17.6. The zero-order valence-electron chi connectivity index (χ0n) is 21.0. The first-order valence-corrected chi connectivity index (χ1v) is 13.1. The van der Waals surface area contributed by atoms with E-state index in [-0.39, 0.29) is 37.4 Å². The molecule has 1 amide bonds. The number of carbonyl (C=O) groups excluding carboxylic acids is 1. The quantitative estimate of drug-likeness (QED) is 0.335. The van der Waals surface area contributed by atoms with Crippen LogP contribution in [0.1, 0.15) is 52.0 Å². The van der Waals surface area contributed by atoms with Gasteiger partial charge in [-0.15, -0.1) is 0 Å². The van der Waals surface area contributed by atoms with Gasteiger partial charge in [-0.05, 0) is 61.4 Å². The highest BCUT2D eigenvalue weighted by Crippen LogP contribution is 2.51. The van der Waals surface area contributed by atoms with Crippen LogP contribution in [0, 0.1) is 5.82 Å². The Bertz CT molecular complexity index is 1730. The van der Waals surface area contributed by atoms with E-state index in [2.05, 4.69) is 0 Å². The number of likely N-dealkylation sites (tertiary alicyclic amines) is 1. The van der Waals surface area contributed by atoms with Crippen LogP contribution in [0.3, 0.4) is 0 Å². The Morgan fingerprint density at radius 3 is 2.20 bits per heavy atom. The number of hydrogen-bond donors (Lipinski definition) is 1. The Morgan fingerprint density at radius 2 is 1.57 bits per heavy atom. The second kappa shape index (κ2) is 9.26. The van der Waals surface area contributed by atoms with Gasteiger partial charge in [0, 0.05) is 42.1 Å². The monoisotopic (exact) mass is 569 g/mol. The Labute approximate surface area is 231 Å². The fourth-order valence-corrected chi connectivity index (χ4v) is 5.76. The zero-order chi connectivity index (χ0) is 28.4. The molecule has 2 fully saturated rings. The molecule has 6 rings (SSSR count). The third kappa shape index (κ3) is 4.18. The summed E-state index contributed by atoms with van der Waals surface area (Å²) >= 11 is 6.29. The smallest absolute Gasteiger partial charge is 0.338 e. The Balaban J connectivity index is 1.43. The summed E-state index contributed by atoms with van der Waals surface area (Å²) in [7, 11) is 0. The number of carbonyl (C=O) groups is 2. The van der Waals surface area contributed by atoms with E-state index in [0.717, 1.165) is 0 Å². The maximum absolute atomic E-state index is 15.4. The number of halogens is 4. The number of aromatic carboxylic acids is 1. The summed E-state index contributed by atoms with van der Waals surface area (Å²) in [5, 5.41) is 9.81. The molecule has 2 heterocycles. The minimum atomic E-state index is -2.77. The lowest BCUT2D eigenvalue weighted by Crippen LogP contribution is -2.42. The van der Waals surface area contributed by atoms with Crippen molar-refractivity contribution in [3.8, 4) is 5.69 Å². The highest BCUT2D eigenvalue weighted by molar-refractivity contribution is 6.31. The van der Waals surface area contributed by atoms with Crippen LogP contribution in [0.5, 0.6) is 0 Å². The summed E-state index contributed by atoms with van der Waals surface area (Å²) in [4.78, 5) is 39.9. The van der Waals surface area contributed by atoms with Gasteiger partial charge < -0.3 is 10.0 Å². The number of fused-ring (bicyclic) bond motifs is 1. The molecule has 1 saturated carbocycles. The van der Waals surface area contributed by atoms with Crippen molar-refractivity contribution in [2.45, 2.75) is 37.1 Å². The van der Waals surface area contributed by atoms with Crippen LogP contribution in [-0.4, -0.2) is 50.0 Å². The van der Waals surface area contributed by atoms with Crippen molar-refractivity contribution in [1.29, 1.82) is 0 Å². The van der Waals surface area contributed by atoms with E-state index in [1.54, 1.807) is 30.3 Å². The van der Waals surface area contributed by atoms with Crippen molar-refractivity contribution in [2.24, 2.45) is 0 Å². The summed E-state index contributed by atoms with van der Waals surface area (Å²) in [5.41, 5.74) is -0.235. The van der Waals surface area contributed by atoms with E-state index < -0.39 is 34.5 Å². The van der Waals surface area contributed by atoms with E-state index in [1.165, 1.54) is 44.4 Å². The first-order valence-electron chi connectivity index (χ1n) is 12.8. The summed E-state index contributed by atoms with van der Waals surface area (Å²) in [5.74, 6) is -5.42. The lowest BCUT2D eigenvalue weighted by Gasteiger charge is -2.31. The van der Waals surface area contributed by atoms with Crippen LogP contribution < -0.4 is 5.69 Å². The van der Waals surface area contributed by atoms with Crippen molar-refractivity contribution in [3.05, 3.63) is 98.7 Å². The molecular formula is C29H23ClF3N3O4. The number of carboxylic acids is 1. The molecule has 0 radical (unpaired) electrons. The number of carboxylic acid groups (broad SMARTS) is 1. The second-order valence-corrected chi connectivity index (χ2v) is 10.7. The summed E-state index contributed by atoms with van der Waals surface area (Å²) < 4.78 is 45.3. The van der Waals surface area contributed by atoms with Crippen LogP contribution in [0.4, 0.5) is 13.2 Å². The number of benzene rings is 3. The molecule has 11 heteroatoms. The van der Waals surface area contributed by atoms with E-state index in [1.807, 2.05) is 0 Å². The topological polar surface area (TPSA) is 84.5 Å². The number of nitrogens with zero attached hydrogens (tertiary/aromatic N) is 3. The number of rotatable bonds is 5. The minimum absolute atomic E-state index is 0.0409. The number of hydrogen-bond acceptors (Lipinski definition) is 3. The lowest BCUT2D eigenvalue weighted by molar-refractivity contribution is -0.0494. The molecule has 3 aromatic carbocycles. The predicted octanol–water partition coefficient (Wildman–Crippen LogP) is 5.69. The highest BCUT2D eigenvalue weighted by atomic mass is 35.5. The van der Waals surface area contributed by atoms with Gasteiger partial charge in [-0.2, -0.15) is 0 Å². The molecule has 1 aromatic heterocycles. The maximum Gasteiger partial charge on any atom is 0.338 e. The molecular weight excluding hydrogens is 547 g/mol. The van der Waals surface area contributed by atoms with E-state index in [4.69, 9.17) is 11.6 Å². The Morgan fingerprint density at radius 1 is 0.900 bits per heavy atom. The van der Waals surface area contributed by atoms with Crippen LogP contribution in [-0.2, 0) is 5.54 Å². The molecule has 2 aliphatic rings. The maximum atomic E-state index is 15.4. The van der Waals surface area contributed by atoms with Crippen molar-refractivity contribution >= 4 is 34.5 Å². The zero-order valence-corrected chi connectivity index (χ0v) is 21.8. The molecule has 1 N–H and O–H groups in total. The Kier molecular flexibility index (Phi) is 6.06. The molecule has 0 bridgehead atoms. The standard InChI is InChI=1S/C29H23ClF3N3O4/c30-18-6-9-22-23(16-18)35(19-7-4-17(5-8-19)25(37)34-14-12-29(32,33)13-15-34)27(40)36(22)28(10-11-28)21-3-1-2-20(24(21)31)26(38)39/h1-9,16H,10-15H2,(H,38,39). The van der Waals surface area contributed by atoms with Gasteiger partial charge in [-0.25, -0.2) is 22.8 Å². The Hall–Kier alpha value is -4.05. The molecule has 40 heavy (non-hydrogen) atoms. The largest absolute Gasteiger partial charge is 0.478 e. The van der Waals surface area contributed by atoms with Gasteiger partial charge in [0.25, 0.3) is 11.8 Å². The highest BCUT2D eigenvalue weighted by Gasteiger charge is 2.51. The average Bonchev–Trinajstić information content (AvgIpc) is 3.65. The third-order valence-electron chi connectivity index (χ3n) is 7.84. The number of piperidine rings is 1. The summed E-state index contributed by atoms with van der Waals surface area (Å²) in [6.45, 7) is -0.0818. The number of amides is 1. The van der Waals surface area contributed by atoms with Gasteiger partial charge in [-0.1, -0.05) is 23.7 Å². The van der Waals surface area contributed by atoms with Gasteiger partial charge in [0.15, 0.2) is 0 Å². The minimum Gasteiger partial charge on any atom is -0.478 e. The van der Waals surface area contributed by atoms with Crippen molar-refractivity contribution < 1.29 is 27.9 Å². The first kappa shape index (κ1) is 26.2. The van der Waals surface area contributed by atoms with Crippen LogP contribution in [0.25, 0.3) is 16.7 Å². The molecule has 0 unspecified atom stereocenters. The second-order valence-electron chi connectivity index (χ2n) is 10.3. The molecule has 1 aliphatic carbocycles. The van der Waals surface area contributed by atoms with Crippen molar-refractivity contribution in [3.63, 3.8) is 0 Å². The molecule has 206 valence electrons. The van der Waals surface area contributed by atoms with Crippen LogP contribution in [0.15, 0.2) is 65.5 Å². The predicted molar refractivity (Wildman–Crippen MR) is 142 cm³/mol. The van der Waals surface area contributed by atoms with Gasteiger partial charge in [0.2, 0.25) is 0 Å². The van der Waals surface area contributed by atoms with Gasteiger partial charge >= 0.3 is 11.7 Å². The fraction of sp³-hybridized carbons (Fsp3) is 0.276. The van der Waals surface area contributed by atoms with Crippen LogP contribution in [0.2, 0.25) is 5.02 Å². The van der Waals surface area contributed by atoms with Gasteiger partial charge in [-0.3, -0.25) is 13.9 Å².